The summed E-state index contributed by atoms with van der Waals surface area (Å²) in [4.78, 5) is 34.9. The van der Waals surface area contributed by atoms with E-state index in [0.717, 1.165) is 42.9 Å². The van der Waals surface area contributed by atoms with Gasteiger partial charge in [0.15, 0.2) is 5.01 Å². The number of nitrogens with zero attached hydrogens (tertiary/aromatic N) is 3. The summed E-state index contributed by atoms with van der Waals surface area (Å²) in [6.45, 7) is 2.87. The van der Waals surface area contributed by atoms with Crippen LogP contribution < -0.4 is 10.1 Å². The summed E-state index contributed by atoms with van der Waals surface area (Å²) in [7, 11) is 1.60. The molecule has 154 valence electrons. The molecule has 8 heteroatoms. The topological polar surface area (TPSA) is 74.8 Å². The van der Waals surface area contributed by atoms with Gasteiger partial charge < -0.3 is 19.9 Å². The number of hydrogen-bond acceptors (Lipinski definition) is 5. The Morgan fingerprint density at radius 3 is 2.66 bits per heavy atom. The first kappa shape index (κ1) is 19.7. The van der Waals surface area contributed by atoms with Crippen LogP contribution in [0.5, 0.6) is 5.75 Å². The van der Waals surface area contributed by atoms with Crippen molar-refractivity contribution in [3.63, 3.8) is 0 Å². The smallest absolute Gasteiger partial charge is 0.321 e. The average molecular weight is 415 g/mol. The average Bonchev–Trinajstić information content (AvgIpc) is 3.06. The van der Waals surface area contributed by atoms with Crippen LogP contribution in [0.3, 0.4) is 0 Å². The molecule has 1 aromatic heterocycles. The van der Waals surface area contributed by atoms with Gasteiger partial charge in [-0.1, -0.05) is 6.07 Å². The van der Waals surface area contributed by atoms with E-state index in [2.05, 4.69) is 10.3 Å². The number of anilines is 1. The van der Waals surface area contributed by atoms with Crippen molar-refractivity contribution >= 4 is 29.0 Å². The lowest BCUT2D eigenvalue weighted by Crippen LogP contribution is -2.37. The van der Waals surface area contributed by atoms with E-state index >= 15 is 0 Å². The fourth-order valence-electron chi connectivity index (χ4n) is 3.79. The zero-order chi connectivity index (χ0) is 20.2. The highest BCUT2D eigenvalue weighted by atomic mass is 32.1. The number of carbonyl (C=O) groups excluding carboxylic acids is 2. The van der Waals surface area contributed by atoms with Gasteiger partial charge in [-0.15, -0.1) is 11.3 Å². The SMILES string of the molecule is COc1cccc(NC(=O)N2CCc3nc(C(=O)N4CCCCC4)sc3CC2)c1. The van der Waals surface area contributed by atoms with Crippen LogP contribution >= 0.6 is 11.3 Å². The Kier molecular flexibility index (Phi) is 5.99. The van der Waals surface area contributed by atoms with Gasteiger partial charge in [0.2, 0.25) is 0 Å². The van der Waals surface area contributed by atoms with Crippen molar-refractivity contribution in [2.75, 3.05) is 38.6 Å². The zero-order valence-electron chi connectivity index (χ0n) is 16.6. The Morgan fingerprint density at radius 2 is 1.86 bits per heavy atom. The van der Waals surface area contributed by atoms with E-state index in [1.54, 1.807) is 18.1 Å². The highest BCUT2D eigenvalue weighted by Crippen LogP contribution is 2.25. The van der Waals surface area contributed by atoms with E-state index in [1.807, 2.05) is 23.1 Å². The number of thiazole rings is 1. The number of likely N-dealkylation sites (tertiary alicyclic amines) is 1. The van der Waals surface area contributed by atoms with E-state index in [1.165, 1.54) is 17.8 Å². The Morgan fingerprint density at radius 1 is 1.07 bits per heavy atom. The molecule has 3 heterocycles. The van der Waals surface area contributed by atoms with Gasteiger partial charge in [0, 0.05) is 55.7 Å². The number of piperidine rings is 1. The van der Waals surface area contributed by atoms with Crippen molar-refractivity contribution in [1.29, 1.82) is 0 Å². The number of ether oxygens (including phenoxy) is 1. The summed E-state index contributed by atoms with van der Waals surface area (Å²) in [5.74, 6) is 0.770. The fourth-order valence-corrected chi connectivity index (χ4v) is 4.86. The lowest BCUT2D eigenvalue weighted by atomic mass is 10.1. The Bertz CT molecular complexity index is 866. The third kappa shape index (κ3) is 4.53. The van der Waals surface area contributed by atoms with Gasteiger partial charge in [-0.25, -0.2) is 9.78 Å². The first-order chi connectivity index (χ1) is 14.1. The molecule has 0 aliphatic carbocycles. The quantitative estimate of drug-likeness (QED) is 0.835. The van der Waals surface area contributed by atoms with Gasteiger partial charge in [0.25, 0.3) is 5.91 Å². The molecule has 2 aliphatic rings. The number of urea groups is 1. The van der Waals surface area contributed by atoms with Crippen LogP contribution in [-0.4, -0.2) is 60.0 Å². The van der Waals surface area contributed by atoms with Gasteiger partial charge >= 0.3 is 6.03 Å². The molecule has 0 radical (unpaired) electrons. The Labute approximate surface area is 174 Å². The zero-order valence-corrected chi connectivity index (χ0v) is 17.5. The summed E-state index contributed by atoms with van der Waals surface area (Å²) in [5.41, 5.74) is 1.67. The second-order valence-electron chi connectivity index (χ2n) is 7.39. The predicted octanol–water partition coefficient (Wildman–Crippen LogP) is 3.41. The molecule has 1 aromatic carbocycles. The number of benzene rings is 1. The molecular formula is C21H26N4O3S. The highest BCUT2D eigenvalue weighted by Gasteiger charge is 2.26. The highest BCUT2D eigenvalue weighted by molar-refractivity contribution is 7.13. The van der Waals surface area contributed by atoms with Gasteiger partial charge in [-0.3, -0.25) is 4.79 Å². The molecule has 0 bridgehead atoms. The van der Waals surface area contributed by atoms with Crippen molar-refractivity contribution in [3.8, 4) is 5.75 Å². The molecular weight excluding hydrogens is 388 g/mol. The van der Waals surface area contributed by atoms with Crippen LogP contribution in [0.4, 0.5) is 10.5 Å². The van der Waals surface area contributed by atoms with E-state index in [-0.39, 0.29) is 11.9 Å². The molecule has 2 aliphatic heterocycles. The molecule has 0 unspecified atom stereocenters. The second-order valence-corrected chi connectivity index (χ2v) is 8.47. The molecule has 1 N–H and O–H groups in total. The number of rotatable bonds is 3. The maximum absolute atomic E-state index is 12.7. The number of carbonyl (C=O) groups is 2. The molecule has 3 amide bonds. The first-order valence-electron chi connectivity index (χ1n) is 10.1. The van der Waals surface area contributed by atoms with Crippen LogP contribution in [0.25, 0.3) is 0 Å². The molecule has 2 aromatic rings. The molecule has 0 saturated carbocycles. The number of amides is 3. The minimum Gasteiger partial charge on any atom is -0.497 e. The Hall–Kier alpha value is -2.61. The number of methoxy groups -OCH3 is 1. The van der Waals surface area contributed by atoms with E-state index in [0.29, 0.717) is 36.0 Å². The van der Waals surface area contributed by atoms with Gasteiger partial charge in [-0.2, -0.15) is 0 Å². The van der Waals surface area contributed by atoms with Crippen molar-refractivity contribution in [1.82, 2.24) is 14.8 Å². The Balaban J connectivity index is 1.37. The third-order valence-corrected chi connectivity index (χ3v) is 6.59. The monoisotopic (exact) mass is 414 g/mol. The van der Waals surface area contributed by atoms with Crippen LogP contribution in [0.15, 0.2) is 24.3 Å². The molecule has 7 nitrogen and oxygen atoms in total. The third-order valence-electron chi connectivity index (χ3n) is 5.44. The number of nitrogens with one attached hydrogen (secondary N) is 1. The number of hydrogen-bond donors (Lipinski definition) is 1. The lowest BCUT2D eigenvalue weighted by Gasteiger charge is -2.25. The molecule has 0 atom stereocenters. The summed E-state index contributed by atoms with van der Waals surface area (Å²) >= 11 is 1.50. The van der Waals surface area contributed by atoms with Gasteiger partial charge in [0.1, 0.15) is 5.75 Å². The summed E-state index contributed by atoms with van der Waals surface area (Å²) in [6.07, 6.45) is 4.75. The van der Waals surface area contributed by atoms with E-state index in [9.17, 15) is 9.59 Å². The normalized spacial score (nSPS) is 16.7. The maximum atomic E-state index is 12.7. The summed E-state index contributed by atoms with van der Waals surface area (Å²) in [6, 6.07) is 7.20. The first-order valence-corrected chi connectivity index (χ1v) is 10.9. The van der Waals surface area contributed by atoms with Crippen molar-refractivity contribution in [3.05, 3.63) is 39.8 Å². The fraction of sp³-hybridized carbons (Fsp3) is 0.476. The van der Waals surface area contributed by atoms with Crippen molar-refractivity contribution in [2.45, 2.75) is 32.1 Å². The molecule has 1 saturated heterocycles. The maximum Gasteiger partial charge on any atom is 0.321 e. The van der Waals surface area contributed by atoms with E-state index in [4.69, 9.17) is 4.74 Å². The van der Waals surface area contributed by atoms with Crippen molar-refractivity contribution < 1.29 is 14.3 Å². The summed E-state index contributed by atoms with van der Waals surface area (Å²) < 4.78 is 5.21. The summed E-state index contributed by atoms with van der Waals surface area (Å²) in [5, 5.41) is 3.54. The minimum atomic E-state index is -0.127. The van der Waals surface area contributed by atoms with Crippen LogP contribution in [0.1, 0.15) is 39.6 Å². The molecule has 0 spiro atoms. The lowest BCUT2D eigenvalue weighted by molar-refractivity contribution is 0.0723. The largest absolute Gasteiger partial charge is 0.497 e. The van der Waals surface area contributed by atoms with Crippen molar-refractivity contribution in [2.24, 2.45) is 0 Å². The van der Waals surface area contributed by atoms with Crippen LogP contribution in [-0.2, 0) is 12.8 Å². The van der Waals surface area contributed by atoms with Crippen LogP contribution in [0, 0.1) is 0 Å². The predicted molar refractivity (Wildman–Crippen MR) is 113 cm³/mol. The number of fused-ring (bicyclic) bond motifs is 1. The standard InChI is InChI=1S/C21H26N4O3S/c1-28-16-7-5-6-15(14-16)22-21(27)25-12-8-17-18(9-13-25)29-19(23-17)20(26)24-10-3-2-4-11-24/h5-7,14H,2-4,8-13H2,1H3,(H,22,27). The minimum absolute atomic E-state index is 0.0652. The van der Waals surface area contributed by atoms with Crippen LogP contribution in [0.2, 0.25) is 0 Å². The molecule has 4 rings (SSSR count). The molecule has 1 fully saturated rings. The second kappa shape index (κ2) is 8.82. The van der Waals surface area contributed by atoms with E-state index < -0.39 is 0 Å². The van der Waals surface area contributed by atoms with Gasteiger partial charge in [0.05, 0.1) is 12.8 Å². The van der Waals surface area contributed by atoms with Gasteiger partial charge in [-0.05, 0) is 31.4 Å². The number of aromatic nitrogens is 1. The molecule has 29 heavy (non-hydrogen) atoms.